The van der Waals surface area contributed by atoms with Crippen LogP contribution in [0.5, 0.6) is 5.75 Å². The molecule has 0 bridgehead atoms. The normalized spacial score (nSPS) is 15.7. The summed E-state index contributed by atoms with van der Waals surface area (Å²) in [5, 5.41) is 10.7. The fourth-order valence-electron chi connectivity index (χ4n) is 3.16. The van der Waals surface area contributed by atoms with Crippen molar-refractivity contribution in [3.05, 3.63) is 64.2 Å². The van der Waals surface area contributed by atoms with Crippen LogP contribution in [0.2, 0.25) is 0 Å². The summed E-state index contributed by atoms with van der Waals surface area (Å²) in [6.07, 6.45) is -0.0228. The van der Waals surface area contributed by atoms with E-state index in [9.17, 15) is 24.5 Å². The number of nitrogens with zero attached hydrogens (tertiary/aromatic N) is 2. The molecule has 2 aromatic rings. The summed E-state index contributed by atoms with van der Waals surface area (Å²) in [5.41, 5.74) is 0.644. The first-order valence-corrected chi connectivity index (χ1v) is 9.37. The van der Waals surface area contributed by atoms with Crippen molar-refractivity contribution in [2.45, 2.75) is 13.3 Å². The molecule has 1 fully saturated rings. The van der Waals surface area contributed by atoms with Crippen LogP contribution in [0.1, 0.15) is 23.7 Å². The van der Waals surface area contributed by atoms with Crippen molar-refractivity contribution in [2.75, 3.05) is 24.7 Å². The lowest BCUT2D eigenvalue weighted by molar-refractivity contribution is -0.384. The number of ketones is 1. The highest BCUT2D eigenvalue weighted by Crippen LogP contribution is 2.33. The van der Waals surface area contributed by atoms with Crippen molar-refractivity contribution in [3.63, 3.8) is 0 Å². The summed E-state index contributed by atoms with van der Waals surface area (Å²) in [6, 6.07) is 12.1. The van der Waals surface area contributed by atoms with E-state index in [1.807, 2.05) is 6.92 Å². The Kier molecular flexibility index (Phi) is 6.41. The van der Waals surface area contributed by atoms with Crippen molar-refractivity contribution >= 4 is 29.0 Å². The van der Waals surface area contributed by atoms with Gasteiger partial charge in [-0.2, -0.15) is 0 Å². The molecule has 1 aliphatic rings. The second-order valence-corrected chi connectivity index (χ2v) is 6.64. The van der Waals surface area contributed by atoms with Crippen LogP contribution in [0, 0.1) is 16.0 Å². The number of Topliss-reactive ketones (excluding diaryl/α,β-unsaturated/α-hetero) is 1. The maximum atomic E-state index is 12.4. The Morgan fingerprint density at radius 2 is 1.87 bits per heavy atom. The highest BCUT2D eigenvalue weighted by atomic mass is 16.6. The van der Waals surface area contributed by atoms with Crippen molar-refractivity contribution < 1.29 is 28.8 Å². The molecule has 2 aromatic carbocycles. The zero-order valence-corrected chi connectivity index (χ0v) is 16.3. The van der Waals surface area contributed by atoms with Crippen molar-refractivity contribution in [1.29, 1.82) is 0 Å². The molecular weight excluding hydrogens is 392 g/mol. The van der Waals surface area contributed by atoms with Gasteiger partial charge in [-0.05, 0) is 31.2 Å². The van der Waals surface area contributed by atoms with E-state index in [-0.39, 0.29) is 30.1 Å². The number of nitro groups is 1. The van der Waals surface area contributed by atoms with Gasteiger partial charge in [-0.1, -0.05) is 12.1 Å². The quantitative estimate of drug-likeness (QED) is 0.283. The monoisotopic (exact) mass is 412 g/mol. The molecular formula is C21H20N2O7. The highest BCUT2D eigenvalue weighted by molar-refractivity contribution is 6.01. The fourth-order valence-corrected chi connectivity index (χ4v) is 3.16. The minimum atomic E-state index is -0.697. The highest BCUT2D eigenvalue weighted by Gasteiger charge is 2.37. The summed E-state index contributed by atoms with van der Waals surface area (Å²) >= 11 is 0. The number of para-hydroxylation sites is 2. The van der Waals surface area contributed by atoms with Crippen LogP contribution >= 0.6 is 0 Å². The van der Waals surface area contributed by atoms with Crippen LogP contribution in [-0.4, -0.2) is 42.3 Å². The molecule has 0 N–H and O–H groups in total. The molecule has 30 heavy (non-hydrogen) atoms. The molecule has 0 aliphatic carbocycles. The standard InChI is InChI=1S/C21H20N2O7/c1-2-29-19-6-4-3-5-17(19)22-12-15(11-20(22)25)21(26)30-13-18(24)14-7-9-16(10-8-14)23(27)28/h3-10,15H,2,11-13H2,1H3/t15-/m1/s1. The Balaban J connectivity index is 1.59. The second kappa shape index (κ2) is 9.17. The van der Waals surface area contributed by atoms with E-state index < -0.39 is 29.2 Å². The van der Waals surface area contributed by atoms with Crippen molar-refractivity contribution in [2.24, 2.45) is 5.92 Å². The van der Waals surface area contributed by atoms with E-state index in [0.29, 0.717) is 18.0 Å². The lowest BCUT2D eigenvalue weighted by Gasteiger charge is -2.19. The van der Waals surface area contributed by atoms with Gasteiger partial charge in [-0.25, -0.2) is 0 Å². The summed E-state index contributed by atoms with van der Waals surface area (Å²) in [6.45, 7) is 1.91. The van der Waals surface area contributed by atoms with Crippen LogP contribution in [0.25, 0.3) is 0 Å². The number of carbonyl (C=O) groups excluding carboxylic acids is 3. The van der Waals surface area contributed by atoms with E-state index in [4.69, 9.17) is 9.47 Å². The molecule has 0 spiro atoms. The molecule has 0 radical (unpaired) electrons. The Morgan fingerprint density at radius 3 is 2.53 bits per heavy atom. The number of carbonyl (C=O) groups is 3. The molecule has 1 atom stereocenters. The minimum absolute atomic E-state index is 0.0228. The first-order chi connectivity index (χ1) is 14.4. The smallest absolute Gasteiger partial charge is 0.311 e. The van der Waals surface area contributed by atoms with Gasteiger partial charge in [0, 0.05) is 30.7 Å². The van der Waals surface area contributed by atoms with Gasteiger partial charge >= 0.3 is 5.97 Å². The fraction of sp³-hybridized carbons (Fsp3) is 0.286. The number of hydrogen-bond donors (Lipinski definition) is 0. The van der Waals surface area contributed by atoms with Crippen LogP contribution < -0.4 is 9.64 Å². The van der Waals surface area contributed by atoms with Gasteiger partial charge in [0.15, 0.2) is 12.4 Å². The van der Waals surface area contributed by atoms with E-state index in [2.05, 4.69) is 0 Å². The van der Waals surface area contributed by atoms with Gasteiger partial charge in [-0.15, -0.1) is 0 Å². The molecule has 3 rings (SSSR count). The number of non-ortho nitro benzene ring substituents is 1. The van der Waals surface area contributed by atoms with Gasteiger partial charge < -0.3 is 14.4 Å². The minimum Gasteiger partial charge on any atom is -0.492 e. The van der Waals surface area contributed by atoms with Crippen LogP contribution in [0.3, 0.4) is 0 Å². The SMILES string of the molecule is CCOc1ccccc1N1C[C@H](C(=O)OCC(=O)c2ccc([N+](=O)[O-])cc2)CC1=O. The molecule has 0 saturated carbocycles. The number of hydrogen-bond acceptors (Lipinski definition) is 7. The van der Waals surface area contributed by atoms with Gasteiger partial charge in [0.05, 0.1) is 23.1 Å². The third-order valence-corrected chi connectivity index (χ3v) is 4.66. The lowest BCUT2D eigenvalue weighted by Crippen LogP contribution is -2.27. The van der Waals surface area contributed by atoms with Crippen LogP contribution in [0.15, 0.2) is 48.5 Å². The van der Waals surface area contributed by atoms with Gasteiger partial charge in [0.1, 0.15) is 5.75 Å². The van der Waals surface area contributed by atoms with Gasteiger partial charge in [0.25, 0.3) is 5.69 Å². The first kappa shape index (κ1) is 21.0. The summed E-state index contributed by atoms with van der Waals surface area (Å²) in [7, 11) is 0. The average Bonchev–Trinajstić information content (AvgIpc) is 3.14. The molecule has 0 aromatic heterocycles. The number of ether oxygens (including phenoxy) is 2. The largest absolute Gasteiger partial charge is 0.492 e. The van der Waals surface area contributed by atoms with Crippen LogP contribution in [0.4, 0.5) is 11.4 Å². The molecule has 0 unspecified atom stereocenters. The van der Waals surface area contributed by atoms with Crippen molar-refractivity contribution in [3.8, 4) is 5.75 Å². The van der Waals surface area contributed by atoms with Gasteiger partial charge in [-0.3, -0.25) is 24.5 Å². The first-order valence-electron chi connectivity index (χ1n) is 9.37. The zero-order valence-electron chi connectivity index (χ0n) is 16.3. The number of rotatable bonds is 8. The van der Waals surface area contributed by atoms with E-state index >= 15 is 0 Å². The third-order valence-electron chi connectivity index (χ3n) is 4.66. The topological polar surface area (TPSA) is 116 Å². The second-order valence-electron chi connectivity index (χ2n) is 6.64. The predicted octanol–water partition coefficient (Wildman–Crippen LogP) is 2.77. The number of amides is 1. The molecule has 9 nitrogen and oxygen atoms in total. The molecule has 1 amide bonds. The summed E-state index contributed by atoms with van der Waals surface area (Å²) in [4.78, 5) is 48.6. The Hall–Kier alpha value is -3.75. The molecule has 1 aliphatic heterocycles. The molecule has 1 saturated heterocycles. The predicted molar refractivity (Wildman–Crippen MR) is 106 cm³/mol. The molecule has 1 heterocycles. The maximum Gasteiger partial charge on any atom is 0.311 e. The third kappa shape index (κ3) is 4.62. The lowest BCUT2D eigenvalue weighted by atomic mass is 10.1. The summed E-state index contributed by atoms with van der Waals surface area (Å²) < 4.78 is 10.6. The van der Waals surface area contributed by atoms with Crippen LogP contribution in [-0.2, 0) is 14.3 Å². The number of nitro benzene ring substituents is 1. The molecule has 156 valence electrons. The van der Waals surface area contributed by atoms with E-state index in [0.717, 1.165) is 0 Å². The number of benzene rings is 2. The Labute approximate surface area is 172 Å². The maximum absolute atomic E-state index is 12.4. The van der Waals surface area contributed by atoms with Gasteiger partial charge in [0.2, 0.25) is 5.91 Å². The average molecular weight is 412 g/mol. The Morgan fingerprint density at radius 1 is 1.17 bits per heavy atom. The van der Waals surface area contributed by atoms with E-state index in [1.54, 1.807) is 24.3 Å². The molecule has 9 heteroatoms. The number of esters is 1. The number of anilines is 1. The van der Waals surface area contributed by atoms with Crippen molar-refractivity contribution in [1.82, 2.24) is 0 Å². The van der Waals surface area contributed by atoms with E-state index in [1.165, 1.54) is 29.2 Å². The summed E-state index contributed by atoms with van der Waals surface area (Å²) in [5.74, 6) is -1.51. The Bertz CT molecular complexity index is 972. The zero-order chi connectivity index (χ0) is 21.7.